The van der Waals surface area contributed by atoms with Crippen LogP contribution in [0.25, 0.3) is 0 Å². The molecule has 0 bridgehead atoms. The van der Waals surface area contributed by atoms with Crippen LogP contribution in [0.1, 0.15) is 30.4 Å². The number of aryl methyl sites for hydroxylation is 1. The molecule has 1 aliphatic heterocycles. The Balaban J connectivity index is 1.79. The second kappa shape index (κ2) is 8.06. The minimum absolute atomic E-state index is 0.213. The summed E-state index contributed by atoms with van der Waals surface area (Å²) in [4.78, 5) is 16.9. The van der Waals surface area contributed by atoms with Crippen LogP contribution < -0.4 is 10.6 Å². The largest absolute Gasteiger partial charge is 0.399 e. The highest BCUT2D eigenvalue weighted by molar-refractivity contribution is 5.81. The fourth-order valence-corrected chi connectivity index (χ4v) is 3.38. The van der Waals surface area contributed by atoms with Gasteiger partial charge in [0.2, 0.25) is 5.91 Å². The summed E-state index contributed by atoms with van der Waals surface area (Å²) in [5, 5.41) is 0. The van der Waals surface area contributed by atoms with Crippen LogP contribution >= 0.6 is 0 Å². The zero-order valence-corrected chi connectivity index (χ0v) is 14.9. The molecule has 0 spiro atoms. The summed E-state index contributed by atoms with van der Waals surface area (Å²) < 4.78 is 0. The first-order valence-electron chi connectivity index (χ1n) is 9.05. The van der Waals surface area contributed by atoms with Gasteiger partial charge in [-0.3, -0.25) is 4.79 Å². The van der Waals surface area contributed by atoms with E-state index in [-0.39, 0.29) is 5.91 Å². The number of hydrogen-bond acceptors (Lipinski definition) is 3. The van der Waals surface area contributed by atoms with Crippen LogP contribution in [0.5, 0.6) is 0 Å². The molecular weight excluding hydrogens is 310 g/mol. The molecule has 1 heterocycles. The zero-order chi connectivity index (χ0) is 17.6. The SMILES string of the molecule is Cc1cccc(N(CC(=O)N2CCCCC2)Cc2cccc(N)c2)c1. The number of nitrogen functional groups attached to an aromatic ring is 1. The molecule has 1 fully saturated rings. The third-order valence-electron chi connectivity index (χ3n) is 4.73. The van der Waals surface area contributed by atoms with Crippen LogP contribution in [-0.2, 0) is 11.3 Å². The number of benzene rings is 2. The number of rotatable bonds is 5. The lowest BCUT2D eigenvalue weighted by atomic mass is 10.1. The summed E-state index contributed by atoms with van der Waals surface area (Å²) in [6, 6.07) is 16.2. The van der Waals surface area contributed by atoms with Crippen LogP contribution in [0.3, 0.4) is 0 Å². The van der Waals surface area contributed by atoms with Gasteiger partial charge in [-0.05, 0) is 61.6 Å². The minimum Gasteiger partial charge on any atom is -0.399 e. The van der Waals surface area contributed by atoms with Crippen molar-refractivity contribution in [2.24, 2.45) is 0 Å². The normalized spacial score (nSPS) is 14.4. The van der Waals surface area contributed by atoms with Gasteiger partial charge in [0.05, 0.1) is 6.54 Å². The quantitative estimate of drug-likeness (QED) is 0.848. The summed E-state index contributed by atoms with van der Waals surface area (Å²) in [6.07, 6.45) is 3.46. The van der Waals surface area contributed by atoms with Crippen molar-refractivity contribution in [2.45, 2.75) is 32.7 Å². The van der Waals surface area contributed by atoms with Gasteiger partial charge in [0.1, 0.15) is 0 Å². The molecule has 0 aromatic heterocycles. The molecule has 2 aromatic carbocycles. The molecule has 4 heteroatoms. The average molecular weight is 337 g/mol. The van der Waals surface area contributed by atoms with Gasteiger partial charge in [0.25, 0.3) is 0 Å². The topological polar surface area (TPSA) is 49.6 Å². The number of carbonyl (C=O) groups is 1. The van der Waals surface area contributed by atoms with E-state index < -0.39 is 0 Å². The van der Waals surface area contributed by atoms with Crippen molar-refractivity contribution in [1.82, 2.24) is 4.90 Å². The second-order valence-corrected chi connectivity index (χ2v) is 6.88. The molecule has 2 aromatic rings. The number of piperidine rings is 1. The molecule has 1 amide bonds. The number of amides is 1. The predicted molar refractivity (Wildman–Crippen MR) is 104 cm³/mol. The van der Waals surface area contributed by atoms with E-state index in [1.165, 1.54) is 12.0 Å². The Hall–Kier alpha value is -2.49. The summed E-state index contributed by atoms with van der Waals surface area (Å²) in [5.74, 6) is 0.213. The second-order valence-electron chi connectivity index (χ2n) is 6.88. The van der Waals surface area contributed by atoms with Crippen molar-refractivity contribution < 1.29 is 4.79 Å². The highest BCUT2D eigenvalue weighted by Gasteiger charge is 2.20. The molecule has 132 valence electrons. The number of likely N-dealkylation sites (tertiary alicyclic amines) is 1. The van der Waals surface area contributed by atoms with E-state index in [0.29, 0.717) is 13.1 Å². The molecule has 0 aliphatic carbocycles. The number of hydrogen-bond donors (Lipinski definition) is 1. The van der Waals surface area contributed by atoms with Gasteiger partial charge in [-0.25, -0.2) is 0 Å². The molecule has 1 saturated heterocycles. The first-order valence-corrected chi connectivity index (χ1v) is 9.05. The van der Waals surface area contributed by atoms with Crippen LogP contribution in [0, 0.1) is 6.92 Å². The van der Waals surface area contributed by atoms with Crippen LogP contribution in [0.4, 0.5) is 11.4 Å². The molecule has 1 aliphatic rings. The van der Waals surface area contributed by atoms with Crippen molar-refractivity contribution in [3.63, 3.8) is 0 Å². The van der Waals surface area contributed by atoms with Gasteiger partial charge in [0, 0.05) is 31.0 Å². The van der Waals surface area contributed by atoms with Crippen molar-refractivity contribution in [2.75, 3.05) is 30.3 Å². The van der Waals surface area contributed by atoms with E-state index >= 15 is 0 Å². The van der Waals surface area contributed by atoms with Crippen molar-refractivity contribution in [3.05, 3.63) is 59.7 Å². The van der Waals surface area contributed by atoms with E-state index in [1.54, 1.807) is 0 Å². The number of carbonyl (C=O) groups excluding carboxylic acids is 1. The summed E-state index contributed by atoms with van der Waals surface area (Å²) >= 11 is 0. The van der Waals surface area contributed by atoms with Gasteiger partial charge >= 0.3 is 0 Å². The maximum atomic E-state index is 12.8. The van der Waals surface area contributed by atoms with Gasteiger partial charge in [-0.15, -0.1) is 0 Å². The van der Waals surface area contributed by atoms with E-state index in [2.05, 4.69) is 36.1 Å². The predicted octanol–water partition coefficient (Wildman–Crippen LogP) is 3.60. The zero-order valence-electron chi connectivity index (χ0n) is 14.9. The van der Waals surface area contributed by atoms with Crippen molar-refractivity contribution in [1.29, 1.82) is 0 Å². The summed E-state index contributed by atoms with van der Waals surface area (Å²) in [6.45, 7) is 4.93. The highest BCUT2D eigenvalue weighted by Crippen LogP contribution is 2.20. The van der Waals surface area contributed by atoms with E-state index in [0.717, 1.165) is 42.9 Å². The van der Waals surface area contributed by atoms with Crippen LogP contribution in [0.2, 0.25) is 0 Å². The molecular formula is C21H27N3O. The molecule has 2 N–H and O–H groups in total. The van der Waals surface area contributed by atoms with E-state index in [1.807, 2.05) is 29.2 Å². The van der Waals surface area contributed by atoms with Gasteiger partial charge in [0.15, 0.2) is 0 Å². The molecule has 25 heavy (non-hydrogen) atoms. The maximum absolute atomic E-state index is 12.8. The van der Waals surface area contributed by atoms with Gasteiger partial charge < -0.3 is 15.5 Å². The third-order valence-corrected chi connectivity index (χ3v) is 4.73. The first-order chi connectivity index (χ1) is 12.1. The van der Waals surface area contributed by atoms with Gasteiger partial charge in [-0.1, -0.05) is 24.3 Å². The number of nitrogens with two attached hydrogens (primary N) is 1. The number of anilines is 2. The molecule has 3 rings (SSSR count). The Kier molecular flexibility index (Phi) is 5.59. The van der Waals surface area contributed by atoms with Crippen LogP contribution in [-0.4, -0.2) is 30.4 Å². The average Bonchev–Trinajstić information content (AvgIpc) is 2.62. The molecule has 0 saturated carbocycles. The Morgan fingerprint density at radius 3 is 2.56 bits per heavy atom. The standard InChI is InChI=1S/C21H27N3O/c1-17-7-5-10-20(13-17)24(15-18-8-6-9-19(22)14-18)16-21(25)23-11-3-2-4-12-23/h5-10,13-14H,2-4,11-12,15-16,22H2,1H3. The molecule has 0 unspecified atom stereocenters. The lowest BCUT2D eigenvalue weighted by molar-refractivity contribution is -0.130. The monoisotopic (exact) mass is 337 g/mol. The fourth-order valence-electron chi connectivity index (χ4n) is 3.38. The Labute approximate surface area is 150 Å². The van der Waals surface area contributed by atoms with E-state index in [4.69, 9.17) is 5.73 Å². The Morgan fingerprint density at radius 2 is 1.84 bits per heavy atom. The van der Waals surface area contributed by atoms with Crippen molar-refractivity contribution >= 4 is 17.3 Å². The van der Waals surface area contributed by atoms with E-state index in [9.17, 15) is 4.79 Å². The fraction of sp³-hybridized carbons (Fsp3) is 0.381. The minimum atomic E-state index is 0.213. The molecule has 0 atom stereocenters. The lowest BCUT2D eigenvalue weighted by Gasteiger charge is -2.31. The van der Waals surface area contributed by atoms with Crippen LogP contribution in [0.15, 0.2) is 48.5 Å². The lowest BCUT2D eigenvalue weighted by Crippen LogP contribution is -2.42. The third kappa shape index (κ3) is 4.75. The summed E-state index contributed by atoms with van der Waals surface area (Å²) in [5.41, 5.74) is 10.1. The Morgan fingerprint density at radius 1 is 1.08 bits per heavy atom. The first kappa shape index (κ1) is 17.3. The maximum Gasteiger partial charge on any atom is 0.242 e. The van der Waals surface area contributed by atoms with Crippen molar-refractivity contribution in [3.8, 4) is 0 Å². The Bertz CT molecular complexity index is 723. The summed E-state index contributed by atoms with van der Waals surface area (Å²) in [7, 11) is 0. The highest BCUT2D eigenvalue weighted by atomic mass is 16.2. The smallest absolute Gasteiger partial charge is 0.242 e. The molecule has 4 nitrogen and oxygen atoms in total. The molecule has 0 radical (unpaired) electrons. The van der Waals surface area contributed by atoms with Gasteiger partial charge in [-0.2, -0.15) is 0 Å². The number of nitrogens with zero attached hydrogens (tertiary/aromatic N) is 2.